The molecule has 0 spiro atoms. The lowest BCUT2D eigenvalue weighted by atomic mass is 10.2. The van der Waals surface area contributed by atoms with Gasteiger partial charge in [0, 0.05) is 31.7 Å². The fourth-order valence-electron chi connectivity index (χ4n) is 1.74. The molecule has 110 valence electrons. The van der Waals surface area contributed by atoms with Crippen molar-refractivity contribution >= 4 is 17.7 Å². The van der Waals surface area contributed by atoms with Crippen LogP contribution in [-0.4, -0.2) is 41.6 Å². The maximum Gasteiger partial charge on any atom is 0.324 e. The van der Waals surface area contributed by atoms with Crippen LogP contribution in [0, 0.1) is 0 Å². The zero-order chi connectivity index (χ0) is 15.1. The Bertz CT molecular complexity index is 446. The van der Waals surface area contributed by atoms with E-state index in [0.717, 1.165) is 5.69 Å². The molecule has 0 saturated heterocycles. The van der Waals surface area contributed by atoms with Gasteiger partial charge in [0.25, 0.3) is 0 Å². The van der Waals surface area contributed by atoms with Crippen molar-refractivity contribution in [2.24, 2.45) is 0 Å². The van der Waals surface area contributed by atoms with E-state index in [1.54, 1.807) is 16.8 Å². The number of hydrogen-bond donors (Lipinski definition) is 1. The quantitative estimate of drug-likeness (QED) is 0.870. The molecular weight excluding hydrogens is 256 g/mol. The maximum atomic E-state index is 12.5. The van der Waals surface area contributed by atoms with Gasteiger partial charge in [-0.2, -0.15) is 0 Å². The third-order valence-corrected chi connectivity index (χ3v) is 3.15. The number of nitrogens with zero attached hydrogens (tertiary/aromatic N) is 2. The zero-order valence-electron chi connectivity index (χ0n) is 12.2. The number of anilines is 1. The van der Waals surface area contributed by atoms with E-state index in [1.165, 1.54) is 0 Å². The fraction of sp³-hybridized carbons (Fsp3) is 0.467. The van der Waals surface area contributed by atoms with E-state index in [1.807, 2.05) is 44.2 Å². The van der Waals surface area contributed by atoms with Crippen molar-refractivity contribution in [3.05, 3.63) is 30.3 Å². The highest BCUT2D eigenvalue weighted by Crippen LogP contribution is 2.17. The summed E-state index contributed by atoms with van der Waals surface area (Å²) in [6.07, 6.45) is 0.490. The van der Waals surface area contributed by atoms with Crippen LogP contribution < -0.4 is 4.90 Å². The number of benzene rings is 1. The smallest absolute Gasteiger partial charge is 0.324 e. The Labute approximate surface area is 119 Å². The van der Waals surface area contributed by atoms with Gasteiger partial charge in [0.15, 0.2) is 0 Å². The third kappa shape index (κ3) is 4.57. The SMILES string of the molecule is CC(C)N(C)C(=O)N(CCCC(=O)O)c1ccccc1. The molecule has 0 aliphatic heterocycles. The lowest BCUT2D eigenvalue weighted by Gasteiger charge is -2.30. The largest absolute Gasteiger partial charge is 0.481 e. The number of aliphatic carboxylic acids is 1. The highest BCUT2D eigenvalue weighted by Gasteiger charge is 2.21. The summed E-state index contributed by atoms with van der Waals surface area (Å²) in [5.74, 6) is -0.845. The van der Waals surface area contributed by atoms with Gasteiger partial charge in [-0.05, 0) is 32.4 Å². The van der Waals surface area contributed by atoms with Crippen molar-refractivity contribution in [3.8, 4) is 0 Å². The van der Waals surface area contributed by atoms with E-state index in [4.69, 9.17) is 5.11 Å². The number of para-hydroxylation sites is 1. The first-order chi connectivity index (χ1) is 9.43. The maximum absolute atomic E-state index is 12.5. The second-order valence-electron chi connectivity index (χ2n) is 4.97. The van der Waals surface area contributed by atoms with Crippen LogP contribution in [0.3, 0.4) is 0 Å². The first-order valence-corrected chi connectivity index (χ1v) is 6.74. The fourth-order valence-corrected chi connectivity index (χ4v) is 1.74. The molecule has 0 bridgehead atoms. The molecule has 0 atom stereocenters. The summed E-state index contributed by atoms with van der Waals surface area (Å²) < 4.78 is 0. The predicted octanol–water partition coefficient (Wildman–Crippen LogP) is 2.82. The van der Waals surface area contributed by atoms with Crippen molar-refractivity contribution in [2.45, 2.75) is 32.7 Å². The lowest BCUT2D eigenvalue weighted by Crippen LogP contribution is -2.44. The van der Waals surface area contributed by atoms with E-state index in [9.17, 15) is 9.59 Å². The first kappa shape index (κ1) is 16.0. The van der Waals surface area contributed by atoms with Crippen molar-refractivity contribution in [2.75, 3.05) is 18.5 Å². The Morgan fingerprint density at radius 2 is 1.80 bits per heavy atom. The van der Waals surface area contributed by atoms with Gasteiger partial charge in [-0.3, -0.25) is 9.69 Å². The summed E-state index contributed by atoms with van der Waals surface area (Å²) >= 11 is 0. The van der Waals surface area contributed by atoms with Crippen LogP contribution in [-0.2, 0) is 4.79 Å². The van der Waals surface area contributed by atoms with Gasteiger partial charge in [0.05, 0.1) is 0 Å². The minimum Gasteiger partial charge on any atom is -0.481 e. The van der Waals surface area contributed by atoms with Gasteiger partial charge in [-0.1, -0.05) is 18.2 Å². The molecular formula is C15H22N2O3. The molecule has 5 nitrogen and oxygen atoms in total. The zero-order valence-corrected chi connectivity index (χ0v) is 12.2. The van der Waals surface area contributed by atoms with E-state index >= 15 is 0 Å². The van der Waals surface area contributed by atoms with Gasteiger partial charge in [-0.15, -0.1) is 0 Å². The van der Waals surface area contributed by atoms with Gasteiger partial charge in [0.1, 0.15) is 0 Å². The Kier molecular flexibility index (Phi) is 6.03. The molecule has 0 unspecified atom stereocenters. The molecule has 1 rings (SSSR count). The minimum absolute atomic E-state index is 0.0575. The van der Waals surface area contributed by atoms with E-state index in [0.29, 0.717) is 13.0 Å². The normalized spacial score (nSPS) is 10.4. The van der Waals surface area contributed by atoms with Gasteiger partial charge in [0.2, 0.25) is 0 Å². The molecule has 0 aromatic heterocycles. The second kappa shape index (κ2) is 7.53. The summed E-state index contributed by atoms with van der Waals surface area (Å²) in [5.41, 5.74) is 0.787. The highest BCUT2D eigenvalue weighted by atomic mass is 16.4. The number of carbonyl (C=O) groups excluding carboxylic acids is 1. The molecule has 1 aromatic rings. The number of amides is 2. The summed E-state index contributed by atoms with van der Waals surface area (Å²) in [6, 6.07) is 9.30. The van der Waals surface area contributed by atoms with Crippen LogP contribution in [0.25, 0.3) is 0 Å². The average molecular weight is 278 g/mol. The molecule has 0 radical (unpaired) electrons. The molecule has 1 aromatic carbocycles. The van der Waals surface area contributed by atoms with Gasteiger partial charge in [-0.25, -0.2) is 4.79 Å². The van der Waals surface area contributed by atoms with E-state index < -0.39 is 5.97 Å². The number of rotatable bonds is 6. The molecule has 0 fully saturated rings. The summed E-state index contributed by atoms with van der Waals surface area (Å²) in [7, 11) is 1.75. The number of hydrogen-bond acceptors (Lipinski definition) is 2. The number of carbonyl (C=O) groups is 2. The average Bonchev–Trinajstić information content (AvgIpc) is 2.42. The second-order valence-corrected chi connectivity index (χ2v) is 4.97. The summed E-state index contributed by atoms with van der Waals surface area (Å²) in [6.45, 7) is 4.28. The Morgan fingerprint density at radius 3 is 2.30 bits per heavy atom. The van der Waals surface area contributed by atoms with Crippen LogP contribution >= 0.6 is 0 Å². The Morgan fingerprint density at radius 1 is 1.20 bits per heavy atom. The summed E-state index contributed by atoms with van der Waals surface area (Å²) in [5, 5.41) is 8.72. The highest BCUT2D eigenvalue weighted by molar-refractivity contribution is 5.92. The standard InChI is InChI=1S/C15H22N2O3/c1-12(2)16(3)15(20)17(11-7-10-14(18)19)13-8-5-4-6-9-13/h4-6,8-9,12H,7,10-11H2,1-3H3,(H,18,19). The van der Waals surface area contributed by atoms with Gasteiger partial charge >= 0.3 is 12.0 Å². The molecule has 1 N–H and O–H groups in total. The minimum atomic E-state index is -0.845. The monoisotopic (exact) mass is 278 g/mol. The van der Waals surface area contributed by atoms with Crippen molar-refractivity contribution < 1.29 is 14.7 Å². The summed E-state index contributed by atoms with van der Waals surface area (Å²) in [4.78, 5) is 26.4. The van der Waals surface area contributed by atoms with Gasteiger partial charge < -0.3 is 10.0 Å². The molecule has 0 heterocycles. The van der Waals surface area contributed by atoms with E-state index in [2.05, 4.69) is 0 Å². The molecule has 20 heavy (non-hydrogen) atoms. The number of carboxylic acid groups (broad SMARTS) is 1. The third-order valence-electron chi connectivity index (χ3n) is 3.15. The first-order valence-electron chi connectivity index (χ1n) is 6.74. The Balaban J connectivity index is 2.84. The number of carboxylic acids is 1. The van der Waals surface area contributed by atoms with Crippen LogP contribution in [0.2, 0.25) is 0 Å². The van der Waals surface area contributed by atoms with Crippen molar-refractivity contribution in [3.63, 3.8) is 0 Å². The molecule has 5 heteroatoms. The van der Waals surface area contributed by atoms with Crippen LogP contribution in [0.15, 0.2) is 30.3 Å². The molecule has 0 aliphatic carbocycles. The predicted molar refractivity (Wildman–Crippen MR) is 79.0 cm³/mol. The van der Waals surface area contributed by atoms with Crippen LogP contribution in [0.5, 0.6) is 0 Å². The Hall–Kier alpha value is -2.04. The van der Waals surface area contributed by atoms with Crippen molar-refractivity contribution in [1.29, 1.82) is 0 Å². The van der Waals surface area contributed by atoms with Crippen LogP contribution in [0.1, 0.15) is 26.7 Å². The topological polar surface area (TPSA) is 60.9 Å². The van der Waals surface area contributed by atoms with E-state index in [-0.39, 0.29) is 18.5 Å². The molecule has 0 saturated carbocycles. The van der Waals surface area contributed by atoms with Crippen molar-refractivity contribution in [1.82, 2.24) is 4.90 Å². The number of urea groups is 1. The van der Waals surface area contributed by atoms with Crippen LogP contribution in [0.4, 0.5) is 10.5 Å². The lowest BCUT2D eigenvalue weighted by molar-refractivity contribution is -0.137. The molecule has 2 amide bonds. The molecule has 0 aliphatic rings.